The molecule has 0 saturated heterocycles. The van der Waals surface area contributed by atoms with Crippen LogP contribution in [0.4, 0.5) is 0 Å². The lowest BCUT2D eigenvalue weighted by Gasteiger charge is -2.10. The molecule has 3 aromatic rings. The Morgan fingerprint density at radius 3 is 2.62 bits per heavy atom. The van der Waals surface area contributed by atoms with E-state index in [2.05, 4.69) is 48.5 Å². The SMILES string of the molecule is CCCC.CCCCc1c2n(c3cc(C(=O)O)ccc13)CC=Cc1ncccc1-2. The largest absolute Gasteiger partial charge is 0.478 e. The third-order valence-electron chi connectivity index (χ3n) is 5.35. The van der Waals surface area contributed by atoms with E-state index in [0.717, 1.165) is 48.0 Å². The summed E-state index contributed by atoms with van der Waals surface area (Å²) in [6.45, 7) is 7.27. The van der Waals surface area contributed by atoms with Crippen LogP contribution in [0, 0.1) is 0 Å². The van der Waals surface area contributed by atoms with E-state index in [-0.39, 0.29) is 0 Å². The Hall–Kier alpha value is -2.88. The van der Waals surface area contributed by atoms with Gasteiger partial charge >= 0.3 is 5.97 Å². The van der Waals surface area contributed by atoms with Crippen molar-refractivity contribution < 1.29 is 9.90 Å². The van der Waals surface area contributed by atoms with Crippen molar-refractivity contribution >= 4 is 22.9 Å². The fourth-order valence-electron chi connectivity index (χ4n) is 3.68. The Bertz CT molecular complexity index is 1030. The second kappa shape index (κ2) is 9.55. The summed E-state index contributed by atoms with van der Waals surface area (Å²) >= 11 is 0. The van der Waals surface area contributed by atoms with Gasteiger partial charge in [0.2, 0.25) is 0 Å². The van der Waals surface area contributed by atoms with E-state index in [1.165, 1.54) is 24.1 Å². The van der Waals surface area contributed by atoms with Crippen LogP contribution in [0.1, 0.15) is 68.1 Å². The number of rotatable bonds is 5. The first-order chi connectivity index (χ1) is 14.1. The highest BCUT2D eigenvalue weighted by atomic mass is 16.4. The molecular weight excluding hydrogens is 360 g/mol. The monoisotopic (exact) mass is 390 g/mol. The van der Waals surface area contributed by atoms with Gasteiger partial charge in [0.05, 0.1) is 17.0 Å². The number of aromatic nitrogens is 2. The maximum absolute atomic E-state index is 11.4. The molecule has 4 nitrogen and oxygen atoms in total. The molecule has 152 valence electrons. The van der Waals surface area contributed by atoms with E-state index in [4.69, 9.17) is 0 Å². The summed E-state index contributed by atoms with van der Waals surface area (Å²) < 4.78 is 2.23. The zero-order chi connectivity index (χ0) is 20.8. The molecule has 0 atom stereocenters. The van der Waals surface area contributed by atoms with Crippen LogP contribution >= 0.6 is 0 Å². The van der Waals surface area contributed by atoms with Crippen molar-refractivity contribution in [2.24, 2.45) is 0 Å². The smallest absolute Gasteiger partial charge is 0.335 e. The Labute approximate surface area is 172 Å². The first kappa shape index (κ1) is 20.8. The molecule has 0 spiro atoms. The molecule has 0 amide bonds. The molecule has 0 saturated carbocycles. The first-order valence-corrected chi connectivity index (χ1v) is 10.6. The van der Waals surface area contributed by atoms with Gasteiger partial charge in [-0.15, -0.1) is 0 Å². The summed E-state index contributed by atoms with van der Waals surface area (Å²) in [6, 6.07) is 9.54. The maximum Gasteiger partial charge on any atom is 0.335 e. The minimum atomic E-state index is -0.890. The van der Waals surface area contributed by atoms with Crippen LogP contribution in [0.25, 0.3) is 28.2 Å². The van der Waals surface area contributed by atoms with Gasteiger partial charge in [-0.1, -0.05) is 52.2 Å². The van der Waals surface area contributed by atoms with E-state index in [0.29, 0.717) is 5.56 Å². The minimum absolute atomic E-state index is 0.328. The van der Waals surface area contributed by atoms with Crippen LogP contribution in [-0.2, 0) is 13.0 Å². The number of aromatic carboxylic acids is 1. The number of unbranched alkanes of at least 4 members (excludes halogenated alkanes) is 2. The second-order valence-corrected chi connectivity index (χ2v) is 7.42. The molecule has 1 N–H and O–H groups in total. The lowest BCUT2D eigenvalue weighted by molar-refractivity contribution is 0.0697. The van der Waals surface area contributed by atoms with Crippen LogP contribution in [0.2, 0.25) is 0 Å². The van der Waals surface area contributed by atoms with Gasteiger partial charge in [-0.25, -0.2) is 4.79 Å². The highest BCUT2D eigenvalue weighted by molar-refractivity contribution is 5.98. The minimum Gasteiger partial charge on any atom is -0.478 e. The fourth-order valence-corrected chi connectivity index (χ4v) is 3.68. The Balaban J connectivity index is 0.000000552. The summed E-state index contributed by atoms with van der Waals surface area (Å²) in [5, 5.41) is 10.5. The lowest BCUT2D eigenvalue weighted by atomic mass is 9.99. The number of carbonyl (C=O) groups is 1. The van der Waals surface area contributed by atoms with Crippen molar-refractivity contribution in [3.63, 3.8) is 0 Å². The van der Waals surface area contributed by atoms with Gasteiger partial charge in [0.15, 0.2) is 0 Å². The predicted molar refractivity (Wildman–Crippen MR) is 120 cm³/mol. The van der Waals surface area contributed by atoms with Gasteiger partial charge in [0, 0.05) is 29.2 Å². The Morgan fingerprint density at radius 2 is 1.93 bits per heavy atom. The van der Waals surface area contributed by atoms with E-state index >= 15 is 0 Å². The summed E-state index contributed by atoms with van der Waals surface area (Å²) in [5.74, 6) is -0.890. The average Bonchev–Trinajstić information content (AvgIpc) is 2.91. The van der Waals surface area contributed by atoms with Gasteiger partial charge in [-0.05, 0) is 48.7 Å². The molecule has 1 aliphatic heterocycles. The maximum atomic E-state index is 11.4. The van der Waals surface area contributed by atoms with Crippen molar-refractivity contribution in [1.29, 1.82) is 0 Å². The summed E-state index contributed by atoms with van der Waals surface area (Å²) in [5.41, 5.74) is 5.89. The van der Waals surface area contributed by atoms with E-state index < -0.39 is 5.97 Å². The highest BCUT2D eigenvalue weighted by Gasteiger charge is 2.22. The molecule has 0 aliphatic carbocycles. The van der Waals surface area contributed by atoms with Gasteiger partial charge < -0.3 is 9.67 Å². The third kappa shape index (κ3) is 4.26. The molecule has 0 fully saturated rings. The number of nitrogens with zero attached hydrogens (tertiary/aromatic N) is 2. The van der Waals surface area contributed by atoms with Gasteiger partial charge in [-0.3, -0.25) is 4.98 Å². The third-order valence-corrected chi connectivity index (χ3v) is 5.35. The number of hydrogen-bond acceptors (Lipinski definition) is 2. The molecular formula is C25H30N2O2. The summed E-state index contributed by atoms with van der Waals surface area (Å²) in [7, 11) is 0. The highest BCUT2D eigenvalue weighted by Crippen LogP contribution is 2.38. The van der Waals surface area contributed by atoms with Crippen LogP contribution in [0.5, 0.6) is 0 Å². The summed E-state index contributed by atoms with van der Waals surface area (Å²) in [6.07, 6.45) is 11.8. The number of hydrogen-bond donors (Lipinski definition) is 1. The zero-order valence-corrected chi connectivity index (χ0v) is 17.6. The molecule has 3 heterocycles. The predicted octanol–water partition coefficient (Wildman–Crippen LogP) is 6.58. The van der Waals surface area contributed by atoms with Crippen LogP contribution in [0.3, 0.4) is 0 Å². The standard InChI is InChI=1S/C21H20N2O2.C4H10/c1-2-3-6-16-15-10-9-14(21(24)25)13-19(15)23-12-5-8-18-17(20(16)23)7-4-11-22-18;1-3-4-2/h4-5,7-11,13H,2-3,6,12H2,1H3,(H,24,25);3-4H2,1-2H3. The fraction of sp³-hybridized carbons (Fsp3) is 0.360. The van der Waals surface area contributed by atoms with Crippen LogP contribution < -0.4 is 0 Å². The molecule has 2 aromatic heterocycles. The van der Waals surface area contributed by atoms with Gasteiger partial charge in [0.1, 0.15) is 0 Å². The quantitative estimate of drug-likeness (QED) is 0.535. The van der Waals surface area contributed by atoms with Crippen molar-refractivity contribution in [1.82, 2.24) is 9.55 Å². The molecule has 4 heteroatoms. The number of fused-ring (bicyclic) bond motifs is 5. The van der Waals surface area contributed by atoms with Crippen LogP contribution in [0.15, 0.2) is 42.6 Å². The van der Waals surface area contributed by atoms with E-state index in [1.807, 2.05) is 18.3 Å². The van der Waals surface area contributed by atoms with E-state index in [1.54, 1.807) is 12.1 Å². The molecule has 4 rings (SSSR count). The molecule has 29 heavy (non-hydrogen) atoms. The normalized spacial score (nSPS) is 12.0. The molecule has 1 aromatic carbocycles. The Kier molecular flexibility index (Phi) is 6.86. The van der Waals surface area contributed by atoms with Crippen molar-refractivity contribution in [3.8, 4) is 11.3 Å². The van der Waals surface area contributed by atoms with Crippen LogP contribution in [-0.4, -0.2) is 20.6 Å². The van der Waals surface area contributed by atoms with Crippen molar-refractivity contribution in [2.75, 3.05) is 0 Å². The number of allylic oxidation sites excluding steroid dienone is 1. The lowest BCUT2D eigenvalue weighted by Crippen LogP contribution is -2.00. The van der Waals surface area contributed by atoms with Crippen molar-refractivity contribution in [2.45, 2.75) is 59.4 Å². The zero-order valence-electron chi connectivity index (χ0n) is 17.6. The average molecular weight is 391 g/mol. The molecule has 1 aliphatic rings. The summed E-state index contributed by atoms with van der Waals surface area (Å²) in [4.78, 5) is 15.9. The van der Waals surface area contributed by atoms with Crippen molar-refractivity contribution in [3.05, 3.63) is 59.4 Å². The van der Waals surface area contributed by atoms with Gasteiger partial charge in [0.25, 0.3) is 0 Å². The number of carboxylic acid groups (broad SMARTS) is 1. The Morgan fingerprint density at radius 1 is 1.14 bits per heavy atom. The molecule has 0 unspecified atom stereocenters. The number of aryl methyl sites for hydroxylation is 1. The number of carboxylic acids is 1. The second-order valence-electron chi connectivity index (χ2n) is 7.42. The molecule has 0 radical (unpaired) electrons. The molecule has 0 bridgehead atoms. The number of pyridine rings is 1. The number of benzene rings is 1. The topological polar surface area (TPSA) is 55.1 Å². The van der Waals surface area contributed by atoms with E-state index in [9.17, 15) is 9.90 Å². The first-order valence-electron chi connectivity index (χ1n) is 10.6. The van der Waals surface area contributed by atoms with Gasteiger partial charge in [-0.2, -0.15) is 0 Å².